The average molecular weight is 461 g/mol. The van der Waals surface area contributed by atoms with E-state index < -0.39 is 22.9 Å². The van der Waals surface area contributed by atoms with E-state index in [9.17, 15) is 19.5 Å². The number of nitrogens with one attached hydrogen (secondary N) is 2. The number of alkyl carbamates (subject to hydrolysis) is 1. The van der Waals surface area contributed by atoms with Crippen LogP contribution in [0.2, 0.25) is 0 Å². The topological polar surface area (TPSA) is 105 Å². The van der Waals surface area contributed by atoms with Crippen LogP contribution in [0.3, 0.4) is 0 Å². The summed E-state index contributed by atoms with van der Waals surface area (Å²) in [6.07, 6.45) is 2.92. The lowest BCUT2D eigenvalue weighted by molar-refractivity contribution is -0.143. The summed E-state index contributed by atoms with van der Waals surface area (Å²) in [6, 6.07) is 16.3. The minimum absolute atomic E-state index is 0.0104. The molecule has 0 radical (unpaired) electrons. The van der Waals surface area contributed by atoms with Crippen LogP contribution in [0.25, 0.3) is 11.1 Å². The molecule has 3 atom stereocenters. The largest absolute Gasteiger partial charge is 0.481 e. The smallest absolute Gasteiger partial charge is 0.407 e. The molecular weight excluding hydrogens is 432 g/mol. The van der Waals surface area contributed by atoms with E-state index in [1.165, 1.54) is 22.3 Å². The Kier molecular flexibility index (Phi) is 4.73. The molecule has 3 N–H and O–H groups in total. The van der Waals surface area contributed by atoms with E-state index in [4.69, 9.17) is 4.74 Å². The van der Waals surface area contributed by atoms with Gasteiger partial charge in [0, 0.05) is 18.5 Å². The molecule has 2 amide bonds. The van der Waals surface area contributed by atoms with Crippen LogP contribution in [0.1, 0.15) is 49.1 Å². The van der Waals surface area contributed by atoms with Gasteiger partial charge >= 0.3 is 12.1 Å². The van der Waals surface area contributed by atoms with Gasteiger partial charge in [-0.3, -0.25) is 9.59 Å². The Hall–Kier alpha value is -3.35. The van der Waals surface area contributed by atoms with E-state index in [1.54, 1.807) is 0 Å². The van der Waals surface area contributed by atoms with Gasteiger partial charge in [-0.25, -0.2) is 4.79 Å². The van der Waals surface area contributed by atoms with Gasteiger partial charge in [-0.2, -0.15) is 0 Å². The molecular formula is C27H28N2O5. The van der Waals surface area contributed by atoms with Crippen molar-refractivity contribution in [1.29, 1.82) is 0 Å². The molecule has 0 bridgehead atoms. The van der Waals surface area contributed by atoms with Crippen LogP contribution in [-0.4, -0.2) is 42.3 Å². The summed E-state index contributed by atoms with van der Waals surface area (Å²) in [6.45, 7) is 0.457. The second kappa shape index (κ2) is 7.58. The van der Waals surface area contributed by atoms with Crippen molar-refractivity contribution in [2.45, 2.75) is 44.1 Å². The van der Waals surface area contributed by atoms with Gasteiger partial charge < -0.3 is 20.5 Å². The Labute approximate surface area is 197 Å². The number of fused-ring (bicyclic) bond motifs is 4. The van der Waals surface area contributed by atoms with Crippen molar-refractivity contribution in [1.82, 2.24) is 10.6 Å². The highest BCUT2D eigenvalue weighted by atomic mass is 16.5. The number of carboxylic acids is 1. The van der Waals surface area contributed by atoms with Crippen LogP contribution < -0.4 is 10.6 Å². The number of hydrogen-bond donors (Lipinski definition) is 3. The molecule has 0 spiro atoms. The number of benzene rings is 2. The lowest BCUT2D eigenvalue weighted by Gasteiger charge is -2.20. The number of amides is 2. The van der Waals surface area contributed by atoms with Crippen molar-refractivity contribution in [2.24, 2.45) is 16.7 Å². The minimum Gasteiger partial charge on any atom is -0.481 e. The average Bonchev–Trinajstić information content (AvgIpc) is 3.71. The maximum Gasteiger partial charge on any atom is 0.407 e. The van der Waals surface area contributed by atoms with Gasteiger partial charge in [0.05, 0.1) is 10.8 Å². The third-order valence-corrected chi connectivity index (χ3v) is 8.42. The summed E-state index contributed by atoms with van der Waals surface area (Å²) < 4.78 is 5.66. The predicted octanol–water partition coefficient (Wildman–Crippen LogP) is 3.67. The number of ether oxygens (including phenoxy) is 1. The summed E-state index contributed by atoms with van der Waals surface area (Å²) in [5.74, 6) is -0.650. The van der Waals surface area contributed by atoms with E-state index in [0.717, 1.165) is 12.8 Å². The third kappa shape index (κ3) is 3.37. The fourth-order valence-corrected chi connectivity index (χ4v) is 6.14. The quantitative estimate of drug-likeness (QED) is 0.585. The molecule has 4 aliphatic carbocycles. The highest BCUT2D eigenvalue weighted by Gasteiger charge is 2.65. The first-order valence-electron chi connectivity index (χ1n) is 12.1. The molecule has 34 heavy (non-hydrogen) atoms. The number of carbonyl (C=O) groups excluding carboxylic acids is 2. The van der Waals surface area contributed by atoms with Gasteiger partial charge in [0.1, 0.15) is 6.61 Å². The first kappa shape index (κ1) is 21.2. The van der Waals surface area contributed by atoms with Gasteiger partial charge in [0.25, 0.3) is 0 Å². The maximum absolute atomic E-state index is 12.8. The highest BCUT2D eigenvalue weighted by Crippen LogP contribution is 2.63. The zero-order valence-corrected chi connectivity index (χ0v) is 18.9. The molecule has 0 heterocycles. The van der Waals surface area contributed by atoms with Crippen molar-refractivity contribution < 1.29 is 24.2 Å². The molecule has 6 rings (SSSR count). The maximum atomic E-state index is 12.8. The van der Waals surface area contributed by atoms with Crippen LogP contribution in [0, 0.1) is 16.7 Å². The standard InChI is InChI=1S/C27H28N2O5/c30-23(28-15-26(9-10-26)24(31)32)27-12-16(27)11-17(13-27)29-25(33)34-14-22-20-7-3-1-5-18(20)19-6-2-4-8-21(19)22/h1-8,16-17,22H,9-15H2,(H,28,30)(H,29,33)(H,31,32)/t16-,17+,27+/m1/s1. The fraction of sp³-hybridized carbons (Fsp3) is 0.444. The van der Waals surface area contributed by atoms with E-state index in [-0.39, 0.29) is 36.9 Å². The SMILES string of the molecule is O=C(N[C@H]1C[C@@H]2C[C@]2(C(=O)NCC2(C(=O)O)CC2)C1)OCC1c2ccccc2-c2ccccc21. The number of rotatable bonds is 7. The number of carbonyl (C=O) groups is 3. The van der Waals surface area contributed by atoms with Crippen molar-refractivity contribution >= 4 is 18.0 Å². The van der Waals surface area contributed by atoms with Crippen molar-refractivity contribution in [3.63, 3.8) is 0 Å². The first-order chi connectivity index (χ1) is 16.4. The van der Waals surface area contributed by atoms with Crippen molar-refractivity contribution in [3.05, 3.63) is 59.7 Å². The van der Waals surface area contributed by atoms with Crippen molar-refractivity contribution in [2.75, 3.05) is 13.2 Å². The fourth-order valence-electron chi connectivity index (χ4n) is 6.14. The molecule has 7 heteroatoms. The number of aliphatic carboxylic acids is 1. The molecule has 0 unspecified atom stereocenters. The molecule has 7 nitrogen and oxygen atoms in total. The Balaban J connectivity index is 1.03. The zero-order valence-electron chi connectivity index (χ0n) is 18.9. The van der Waals surface area contributed by atoms with E-state index >= 15 is 0 Å². The molecule has 3 fully saturated rings. The molecule has 2 aromatic rings. The van der Waals surface area contributed by atoms with Crippen LogP contribution in [-0.2, 0) is 14.3 Å². The van der Waals surface area contributed by atoms with Crippen LogP contribution in [0.15, 0.2) is 48.5 Å². The van der Waals surface area contributed by atoms with Crippen molar-refractivity contribution in [3.8, 4) is 11.1 Å². The van der Waals surface area contributed by atoms with Crippen LogP contribution in [0.5, 0.6) is 0 Å². The second-order valence-electron chi connectivity index (χ2n) is 10.4. The number of hydrogen-bond acceptors (Lipinski definition) is 4. The van der Waals surface area contributed by atoms with Crippen LogP contribution >= 0.6 is 0 Å². The summed E-state index contributed by atoms with van der Waals surface area (Å²) >= 11 is 0. The Morgan fingerprint density at radius 3 is 2.24 bits per heavy atom. The van der Waals surface area contributed by atoms with Gasteiger partial charge in [0.15, 0.2) is 0 Å². The number of carboxylic acid groups (broad SMARTS) is 1. The van der Waals surface area contributed by atoms with Gasteiger partial charge in [-0.15, -0.1) is 0 Å². The Morgan fingerprint density at radius 2 is 1.62 bits per heavy atom. The van der Waals surface area contributed by atoms with Gasteiger partial charge in [-0.1, -0.05) is 48.5 Å². The first-order valence-corrected chi connectivity index (χ1v) is 12.1. The predicted molar refractivity (Wildman–Crippen MR) is 124 cm³/mol. The molecule has 0 aromatic heterocycles. The molecule has 0 aliphatic heterocycles. The lowest BCUT2D eigenvalue weighted by atomic mass is 9.98. The molecule has 4 aliphatic rings. The third-order valence-electron chi connectivity index (χ3n) is 8.42. The van der Waals surface area contributed by atoms with Gasteiger partial charge in [0.2, 0.25) is 5.91 Å². The summed E-state index contributed by atoms with van der Waals surface area (Å²) in [5, 5.41) is 15.2. The van der Waals surface area contributed by atoms with E-state index in [2.05, 4.69) is 34.9 Å². The summed E-state index contributed by atoms with van der Waals surface area (Å²) in [4.78, 5) is 36.8. The molecule has 176 valence electrons. The van der Waals surface area contributed by atoms with E-state index in [1.807, 2.05) is 24.3 Å². The lowest BCUT2D eigenvalue weighted by Crippen LogP contribution is -2.40. The normalized spacial score (nSPS) is 27.2. The van der Waals surface area contributed by atoms with Gasteiger partial charge in [-0.05, 0) is 60.3 Å². The second-order valence-corrected chi connectivity index (χ2v) is 10.4. The molecule has 2 aromatic carbocycles. The monoisotopic (exact) mass is 460 g/mol. The highest BCUT2D eigenvalue weighted by molar-refractivity contribution is 5.88. The molecule has 0 saturated heterocycles. The zero-order chi connectivity index (χ0) is 23.5. The Morgan fingerprint density at radius 1 is 0.971 bits per heavy atom. The molecule has 3 saturated carbocycles. The Bertz CT molecular complexity index is 1140. The minimum atomic E-state index is -0.834. The summed E-state index contributed by atoms with van der Waals surface area (Å²) in [7, 11) is 0. The van der Waals surface area contributed by atoms with Crippen LogP contribution in [0.4, 0.5) is 4.79 Å². The van der Waals surface area contributed by atoms with E-state index in [0.29, 0.717) is 19.3 Å². The summed E-state index contributed by atoms with van der Waals surface area (Å²) in [5.41, 5.74) is 3.48.